The number of nitrogens with zero attached hydrogens (tertiary/aromatic N) is 1. The van der Waals surface area contributed by atoms with Crippen molar-refractivity contribution in [2.24, 2.45) is 5.92 Å². The summed E-state index contributed by atoms with van der Waals surface area (Å²) in [4.78, 5) is 2.66. The quantitative estimate of drug-likeness (QED) is 0.845. The summed E-state index contributed by atoms with van der Waals surface area (Å²) in [7, 11) is 3.42. The summed E-state index contributed by atoms with van der Waals surface area (Å²) in [5, 5.41) is 0. The van der Waals surface area contributed by atoms with Gasteiger partial charge in [0.1, 0.15) is 0 Å². The van der Waals surface area contributed by atoms with Crippen LogP contribution in [0, 0.1) is 5.92 Å². The van der Waals surface area contributed by atoms with Crippen molar-refractivity contribution in [3.05, 3.63) is 23.3 Å². The summed E-state index contributed by atoms with van der Waals surface area (Å²) in [5.74, 6) is 2.61. The first-order valence-electron chi connectivity index (χ1n) is 7.69. The zero-order valence-corrected chi connectivity index (χ0v) is 12.8. The van der Waals surface area contributed by atoms with E-state index in [1.807, 2.05) is 0 Å². The fourth-order valence-electron chi connectivity index (χ4n) is 3.73. The predicted octanol–water partition coefficient (Wildman–Crippen LogP) is 3.25. The smallest absolute Gasteiger partial charge is 0.161 e. The zero-order valence-electron chi connectivity index (χ0n) is 12.8. The van der Waals surface area contributed by atoms with E-state index in [4.69, 9.17) is 9.47 Å². The Morgan fingerprint density at radius 3 is 2.35 bits per heavy atom. The fourth-order valence-corrected chi connectivity index (χ4v) is 3.73. The van der Waals surface area contributed by atoms with Gasteiger partial charge in [0, 0.05) is 19.1 Å². The van der Waals surface area contributed by atoms with Crippen LogP contribution in [0.1, 0.15) is 37.3 Å². The number of rotatable bonds is 3. The largest absolute Gasteiger partial charge is 0.493 e. The highest BCUT2D eigenvalue weighted by Gasteiger charge is 2.29. The summed E-state index contributed by atoms with van der Waals surface area (Å²) >= 11 is 0. The highest BCUT2D eigenvalue weighted by atomic mass is 16.5. The van der Waals surface area contributed by atoms with Gasteiger partial charge in [0.2, 0.25) is 0 Å². The van der Waals surface area contributed by atoms with Crippen molar-refractivity contribution in [2.45, 2.75) is 45.2 Å². The molecule has 0 unspecified atom stereocenters. The molecule has 0 radical (unpaired) electrons. The van der Waals surface area contributed by atoms with Gasteiger partial charge in [-0.25, -0.2) is 0 Å². The maximum absolute atomic E-state index is 5.44. The van der Waals surface area contributed by atoms with E-state index < -0.39 is 0 Å². The van der Waals surface area contributed by atoms with E-state index in [1.165, 1.54) is 36.9 Å². The highest BCUT2D eigenvalue weighted by Crippen LogP contribution is 2.36. The molecular weight excluding hydrogens is 250 g/mol. The molecule has 1 fully saturated rings. The third-order valence-electron chi connectivity index (χ3n) is 4.93. The Bertz CT molecular complexity index is 486. The summed E-state index contributed by atoms with van der Waals surface area (Å²) in [6.45, 7) is 4.62. The number of hydrogen-bond donors (Lipinski definition) is 0. The van der Waals surface area contributed by atoms with Gasteiger partial charge < -0.3 is 9.47 Å². The fraction of sp³-hybridized carbons (Fsp3) is 0.647. The number of methoxy groups -OCH3 is 2. The summed E-state index contributed by atoms with van der Waals surface area (Å²) in [5.41, 5.74) is 2.83. The molecule has 1 saturated carbocycles. The van der Waals surface area contributed by atoms with E-state index in [2.05, 4.69) is 24.0 Å². The van der Waals surface area contributed by atoms with E-state index in [1.54, 1.807) is 14.2 Å². The van der Waals surface area contributed by atoms with Crippen LogP contribution in [0.3, 0.4) is 0 Å². The average molecular weight is 275 g/mol. The minimum atomic E-state index is 0.784. The summed E-state index contributed by atoms with van der Waals surface area (Å²) < 4.78 is 10.8. The molecule has 0 aromatic heterocycles. The average Bonchev–Trinajstić information content (AvgIpc) is 2.91. The Kier molecular flexibility index (Phi) is 3.88. The molecule has 0 amide bonds. The number of ether oxygens (including phenoxy) is 2. The van der Waals surface area contributed by atoms with Crippen molar-refractivity contribution in [1.29, 1.82) is 0 Å². The van der Waals surface area contributed by atoms with Gasteiger partial charge in [-0.05, 0) is 54.9 Å². The molecule has 1 heterocycles. The molecule has 3 nitrogen and oxygen atoms in total. The Hall–Kier alpha value is -1.22. The van der Waals surface area contributed by atoms with E-state index >= 15 is 0 Å². The van der Waals surface area contributed by atoms with Gasteiger partial charge in [0.05, 0.1) is 14.2 Å². The van der Waals surface area contributed by atoms with Crippen LogP contribution in [0.15, 0.2) is 12.1 Å². The predicted molar refractivity (Wildman–Crippen MR) is 80.5 cm³/mol. The second-order valence-corrected chi connectivity index (χ2v) is 6.27. The third kappa shape index (κ3) is 2.51. The lowest BCUT2D eigenvalue weighted by molar-refractivity contribution is 0.177. The van der Waals surface area contributed by atoms with Crippen LogP contribution >= 0.6 is 0 Å². The Morgan fingerprint density at radius 2 is 1.75 bits per heavy atom. The molecule has 2 aliphatic rings. The van der Waals surface area contributed by atoms with Crippen molar-refractivity contribution in [1.82, 2.24) is 4.90 Å². The van der Waals surface area contributed by atoms with Crippen LogP contribution in [0.5, 0.6) is 11.5 Å². The lowest BCUT2D eigenvalue weighted by Gasteiger charge is -2.34. The lowest BCUT2D eigenvalue weighted by Crippen LogP contribution is -2.37. The first kappa shape index (κ1) is 13.7. The molecule has 110 valence electrons. The second-order valence-electron chi connectivity index (χ2n) is 6.27. The van der Waals surface area contributed by atoms with Crippen LogP contribution in [-0.2, 0) is 13.0 Å². The molecule has 1 aliphatic carbocycles. The topological polar surface area (TPSA) is 21.7 Å². The standard InChI is InChI=1S/C17H25NO2/c1-12-4-5-15(8-12)18-7-6-13-9-16(19-2)17(20-3)10-14(13)11-18/h9-10,12,15H,4-8,11H2,1-3H3/t12-,15+/m0/s1. The SMILES string of the molecule is COc1cc2c(cc1OC)CN([C@@H]1CC[C@H](C)C1)CC2. The molecule has 1 aromatic carbocycles. The Labute approximate surface area is 121 Å². The van der Waals surface area contributed by atoms with E-state index in [0.29, 0.717) is 0 Å². The van der Waals surface area contributed by atoms with Crippen molar-refractivity contribution in [3.8, 4) is 11.5 Å². The molecule has 1 aromatic rings. The first-order chi connectivity index (χ1) is 9.71. The van der Waals surface area contributed by atoms with Gasteiger partial charge in [-0.3, -0.25) is 4.90 Å². The molecular formula is C17H25NO2. The molecule has 0 N–H and O–H groups in total. The lowest BCUT2D eigenvalue weighted by atomic mass is 9.97. The molecule has 0 bridgehead atoms. The van der Waals surface area contributed by atoms with Gasteiger partial charge in [0.15, 0.2) is 11.5 Å². The van der Waals surface area contributed by atoms with Crippen molar-refractivity contribution in [3.63, 3.8) is 0 Å². The van der Waals surface area contributed by atoms with Gasteiger partial charge in [-0.15, -0.1) is 0 Å². The number of benzene rings is 1. The van der Waals surface area contributed by atoms with E-state index in [9.17, 15) is 0 Å². The molecule has 0 saturated heterocycles. The number of fused-ring (bicyclic) bond motifs is 1. The third-order valence-corrected chi connectivity index (χ3v) is 4.93. The minimum absolute atomic E-state index is 0.784. The van der Waals surface area contributed by atoms with Crippen LogP contribution in [0.25, 0.3) is 0 Å². The molecule has 2 atom stereocenters. The first-order valence-corrected chi connectivity index (χ1v) is 7.69. The maximum Gasteiger partial charge on any atom is 0.161 e. The molecule has 3 heteroatoms. The minimum Gasteiger partial charge on any atom is -0.493 e. The summed E-state index contributed by atoms with van der Waals surface area (Å²) in [6.07, 6.45) is 5.24. The normalized spacial score (nSPS) is 26.4. The van der Waals surface area contributed by atoms with Gasteiger partial charge in [0.25, 0.3) is 0 Å². The molecule has 20 heavy (non-hydrogen) atoms. The van der Waals surface area contributed by atoms with E-state index in [-0.39, 0.29) is 0 Å². The van der Waals surface area contributed by atoms with Gasteiger partial charge in [-0.1, -0.05) is 6.92 Å². The molecule has 3 rings (SSSR count). The van der Waals surface area contributed by atoms with Crippen molar-refractivity contribution < 1.29 is 9.47 Å². The van der Waals surface area contributed by atoms with Crippen molar-refractivity contribution >= 4 is 0 Å². The van der Waals surface area contributed by atoms with E-state index in [0.717, 1.165) is 36.4 Å². The summed E-state index contributed by atoms with van der Waals surface area (Å²) in [6, 6.07) is 5.10. The van der Waals surface area contributed by atoms with Crippen LogP contribution in [0.2, 0.25) is 0 Å². The molecule has 0 spiro atoms. The van der Waals surface area contributed by atoms with Crippen LogP contribution in [0.4, 0.5) is 0 Å². The monoisotopic (exact) mass is 275 g/mol. The van der Waals surface area contributed by atoms with Crippen LogP contribution < -0.4 is 9.47 Å². The molecule has 1 aliphatic heterocycles. The Morgan fingerprint density at radius 1 is 1.05 bits per heavy atom. The highest BCUT2D eigenvalue weighted by molar-refractivity contribution is 5.48. The second kappa shape index (κ2) is 5.65. The number of hydrogen-bond acceptors (Lipinski definition) is 3. The Balaban J connectivity index is 1.80. The zero-order chi connectivity index (χ0) is 14.1. The van der Waals surface area contributed by atoms with Crippen molar-refractivity contribution in [2.75, 3.05) is 20.8 Å². The van der Waals surface area contributed by atoms with Gasteiger partial charge >= 0.3 is 0 Å². The maximum atomic E-state index is 5.44. The van der Waals surface area contributed by atoms with Crippen LogP contribution in [-0.4, -0.2) is 31.7 Å². The van der Waals surface area contributed by atoms with Gasteiger partial charge in [-0.2, -0.15) is 0 Å².